The molecule has 5 nitrogen and oxygen atoms in total. The van der Waals surface area contributed by atoms with Crippen molar-refractivity contribution in [1.29, 1.82) is 0 Å². The highest BCUT2D eigenvalue weighted by molar-refractivity contribution is 5.80. The second-order valence-electron chi connectivity index (χ2n) is 5.15. The molecule has 2 atom stereocenters. The van der Waals surface area contributed by atoms with Crippen LogP contribution in [0, 0.1) is 5.92 Å². The standard InChI is InChI=1S/C13H26N2O3/c1-5-18-12(16)13(2,14-3)10-15-7-6-11(8-15)9-17-4/h11,14H,5-10H2,1-4H3. The van der Waals surface area contributed by atoms with Gasteiger partial charge >= 0.3 is 5.97 Å². The number of nitrogens with zero attached hydrogens (tertiary/aromatic N) is 1. The van der Waals surface area contributed by atoms with Crippen molar-refractivity contribution >= 4 is 5.97 Å². The number of carbonyl (C=O) groups is 1. The largest absolute Gasteiger partial charge is 0.465 e. The molecule has 0 aromatic rings. The van der Waals surface area contributed by atoms with Gasteiger partial charge in [-0.1, -0.05) is 0 Å². The number of carbonyl (C=O) groups excluding carboxylic acids is 1. The first-order valence-electron chi connectivity index (χ1n) is 6.63. The summed E-state index contributed by atoms with van der Waals surface area (Å²) in [5.74, 6) is 0.404. The van der Waals surface area contributed by atoms with E-state index in [2.05, 4.69) is 10.2 Å². The van der Waals surface area contributed by atoms with Crippen molar-refractivity contribution in [3.8, 4) is 0 Å². The Morgan fingerprint density at radius 2 is 2.28 bits per heavy atom. The molecule has 1 aliphatic rings. The summed E-state index contributed by atoms with van der Waals surface area (Å²) in [6.45, 7) is 7.64. The molecule has 0 aromatic carbocycles. The number of rotatable bonds is 7. The zero-order valence-corrected chi connectivity index (χ0v) is 12.0. The molecule has 0 amide bonds. The maximum atomic E-state index is 12.0. The van der Waals surface area contributed by atoms with Crippen LogP contribution in [0.4, 0.5) is 0 Å². The van der Waals surface area contributed by atoms with Gasteiger partial charge in [0.25, 0.3) is 0 Å². The first-order chi connectivity index (χ1) is 8.55. The van der Waals surface area contributed by atoms with Gasteiger partial charge in [-0.2, -0.15) is 0 Å². The predicted molar refractivity (Wildman–Crippen MR) is 70.5 cm³/mol. The SMILES string of the molecule is CCOC(=O)C(C)(CN1CCC(COC)C1)NC. The van der Waals surface area contributed by atoms with E-state index in [0.29, 0.717) is 19.1 Å². The topological polar surface area (TPSA) is 50.8 Å². The molecule has 1 N–H and O–H groups in total. The molecule has 2 unspecified atom stereocenters. The van der Waals surface area contributed by atoms with Crippen LogP contribution in [0.2, 0.25) is 0 Å². The Bertz CT molecular complexity index is 273. The second kappa shape index (κ2) is 7.07. The molecular formula is C13H26N2O3. The van der Waals surface area contributed by atoms with E-state index in [4.69, 9.17) is 9.47 Å². The van der Waals surface area contributed by atoms with E-state index in [9.17, 15) is 4.79 Å². The van der Waals surface area contributed by atoms with Crippen molar-refractivity contribution < 1.29 is 14.3 Å². The lowest BCUT2D eigenvalue weighted by molar-refractivity contribution is -0.151. The van der Waals surface area contributed by atoms with Gasteiger partial charge in [-0.05, 0) is 39.8 Å². The summed E-state index contributed by atoms with van der Waals surface area (Å²) in [5.41, 5.74) is -0.627. The first-order valence-corrected chi connectivity index (χ1v) is 6.63. The molecule has 0 aliphatic carbocycles. The molecule has 0 radical (unpaired) electrons. The third-order valence-electron chi connectivity index (χ3n) is 3.59. The summed E-state index contributed by atoms with van der Waals surface area (Å²) < 4.78 is 10.3. The van der Waals surface area contributed by atoms with Crippen LogP contribution in [0.25, 0.3) is 0 Å². The van der Waals surface area contributed by atoms with Crippen LogP contribution in [0.3, 0.4) is 0 Å². The fourth-order valence-electron chi connectivity index (χ4n) is 2.41. The van der Waals surface area contributed by atoms with Crippen LogP contribution in [0.15, 0.2) is 0 Å². The second-order valence-corrected chi connectivity index (χ2v) is 5.15. The molecule has 0 bridgehead atoms. The van der Waals surface area contributed by atoms with E-state index >= 15 is 0 Å². The zero-order chi connectivity index (χ0) is 13.6. The third kappa shape index (κ3) is 3.93. The molecule has 18 heavy (non-hydrogen) atoms. The molecule has 0 spiro atoms. The molecule has 1 rings (SSSR count). The molecular weight excluding hydrogens is 232 g/mol. The van der Waals surface area contributed by atoms with Gasteiger partial charge in [0, 0.05) is 20.2 Å². The number of likely N-dealkylation sites (tertiary alicyclic amines) is 1. The van der Waals surface area contributed by atoms with Gasteiger partial charge in [0.2, 0.25) is 0 Å². The fourth-order valence-corrected chi connectivity index (χ4v) is 2.41. The number of hydrogen-bond donors (Lipinski definition) is 1. The number of methoxy groups -OCH3 is 1. The van der Waals surface area contributed by atoms with E-state index in [1.807, 2.05) is 13.8 Å². The lowest BCUT2D eigenvalue weighted by atomic mass is 10.0. The van der Waals surface area contributed by atoms with Gasteiger partial charge in [0.15, 0.2) is 0 Å². The van der Waals surface area contributed by atoms with E-state index in [1.54, 1.807) is 14.2 Å². The van der Waals surface area contributed by atoms with Gasteiger partial charge in [-0.3, -0.25) is 4.79 Å². The Labute approximate surface area is 110 Å². The third-order valence-corrected chi connectivity index (χ3v) is 3.59. The highest BCUT2D eigenvalue weighted by atomic mass is 16.5. The monoisotopic (exact) mass is 258 g/mol. The number of nitrogens with one attached hydrogen (secondary N) is 1. The lowest BCUT2D eigenvalue weighted by Gasteiger charge is -2.31. The highest BCUT2D eigenvalue weighted by Gasteiger charge is 2.37. The Hall–Kier alpha value is -0.650. The summed E-state index contributed by atoms with van der Waals surface area (Å²) in [6.07, 6.45) is 1.14. The fraction of sp³-hybridized carbons (Fsp3) is 0.923. The van der Waals surface area contributed by atoms with Crippen molar-refractivity contribution in [3.05, 3.63) is 0 Å². The smallest absolute Gasteiger partial charge is 0.327 e. The number of hydrogen-bond acceptors (Lipinski definition) is 5. The van der Waals surface area contributed by atoms with Gasteiger partial charge in [0.05, 0.1) is 13.2 Å². The van der Waals surface area contributed by atoms with Crippen molar-refractivity contribution in [1.82, 2.24) is 10.2 Å². The highest BCUT2D eigenvalue weighted by Crippen LogP contribution is 2.19. The summed E-state index contributed by atoms with van der Waals surface area (Å²) in [4.78, 5) is 14.3. The van der Waals surface area contributed by atoms with Crippen LogP contribution in [-0.4, -0.2) is 63.4 Å². The predicted octanol–water partition coefficient (Wildman–Crippen LogP) is 0.496. The minimum absolute atomic E-state index is 0.178. The Morgan fingerprint density at radius 1 is 1.56 bits per heavy atom. The summed E-state index contributed by atoms with van der Waals surface area (Å²) in [6, 6.07) is 0. The Morgan fingerprint density at radius 3 is 2.83 bits per heavy atom. The molecule has 0 saturated carbocycles. The lowest BCUT2D eigenvalue weighted by Crippen LogP contribution is -2.56. The minimum Gasteiger partial charge on any atom is -0.465 e. The maximum absolute atomic E-state index is 12.0. The number of ether oxygens (including phenoxy) is 2. The van der Waals surface area contributed by atoms with Crippen molar-refractivity contribution in [2.75, 3.05) is 47.0 Å². The Balaban J connectivity index is 2.51. The van der Waals surface area contributed by atoms with Crippen molar-refractivity contribution in [2.24, 2.45) is 5.92 Å². The van der Waals surface area contributed by atoms with Crippen molar-refractivity contribution in [3.63, 3.8) is 0 Å². The van der Waals surface area contributed by atoms with E-state index in [0.717, 1.165) is 26.1 Å². The quantitative estimate of drug-likeness (QED) is 0.674. The average molecular weight is 258 g/mol. The normalized spacial score (nSPS) is 23.9. The summed E-state index contributed by atoms with van der Waals surface area (Å²) in [7, 11) is 3.54. The van der Waals surface area contributed by atoms with Gasteiger partial charge in [-0.15, -0.1) is 0 Å². The molecule has 0 aromatic heterocycles. The molecule has 1 heterocycles. The van der Waals surface area contributed by atoms with E-state index in [-0.39, 0.29) is 5.97 Å². The minimum atomic E-state index is -0.627. The van der Waals surface area contributed by atoms with E-state index < -0.39 is 5.54 Å². The summed E-state index contributed by atoms with van der Waals surface area (Å²) in [5, 5.41) is 3.09. The van der Waals surface area contributed by atoms with E-state index in [1.165, 1.54) is 0 Å². The van der Waals surface area contributed by atoms with Crippen LogP contribution in [0.5, 0.6) is 0 Å². The summed E-state index contributed by atoms with van der Waals surface area (Å²) >= 11 is 0. The van der Waals surface area contributed by atoms with Gasteiger partial charge < -0.3 is 19.7 Å². The first kappa shape index (κ1) is 15.4. The molecule has 1 aliphatic heterocycles. The Kier molecular flexibility index (Phi) is 6.05. The number of likely N-dealkylation sites (N-methyl/N-ethyl adjacent to an activating group) is 1. The maximum Gasteiger partial charge on any atom is 0.327 e. The average Bonchev–Trinajstić information content (AvgIpc) is 2.77. The van der Waals surface area contributed by atoms with Gasteiger partial charge in [0.1, 0.15) is 5.54 Å². The van der Waals surface area contributed by atoms with Crippen LogP contribution >= 0.6 is 0 Å². The van der Waals surface area contributed by atoms with Crippen LogP contribution < -0.4 is 5.32 Å². The molecule has 106 valence electrons. The molecule has 5 heteroatoms. The van der Waals surface area contributed by atoms with Crippen LogP contribution in [0.1, 0.15) is 20.3 Å². The van der Waals surface area contributed by atoms with Crippen LogP contribution in [-0.2, 0) is 14.3 Å². The number of esters is 1. The molecule has 1 saturated heterocycles. The zero-order valence-electron chi connectivity index (χ0n) is 12.0. The van der Waals surface area contributed by atoms with Gasteiger partial charge in [-0.25, -0.2) is 0 Å². The van der Waals surface area contributed by atoms with Crippen molar-refractivity contribution in [2.45, 2.75) is 25.8 Å². The molecule has 1 fully saturated rings.